The van der Waals surface area contributed by atoms with Crippen LogP contribution in [-0.4, -0.2) is 0 Å². The summed E-state index contributed by atoms with van der Waals surface area (Å²) in [7, 11) is 0. The molecule has 0 saturated carbocycles. The first kappa shape index (κ1) is 12.7. The lowest BCUT2D eigenvalue weighted by Gasteiger charge is -2.10. The third-order valence-corrected chi connectivity index (χ3v) is 4.15. The molecule has 2 nitrogen and oxygen atoms in total. The summed E-state index contributed by atoms with van der Waals surface area (Å²) < 4.78 is 6.89. The van der Waals surface area contributed by atoms with Crippen molar-refractivity contribution < 1.29 is 4.74 Å². The van der Waals surface area contributed by atoms with Gasteiger partial charge < -0.3 is 10.5 Å². The molecule has 0 radical (unpaired) electrons. The smallest absolute Gasteiger partial charge is 0.141 e. The molecule has 0 amide bonds. The Morgan fingerprint density at radius 3 is 2.68 bits per heavy atom. The fourth-order valence-corrected chi connectivity index (χ4v) is 3.00. The normalized spacial score (nSPS) is 13.4. The molecular formula is C16H16BrNO. The molecule has 1 aliphatic carbocycles. The molecule has 19 heavy (non-hydrogen) atoms. The summed E-state index contributed by atoms with van der Waals surface area (Å²) in [6.07, 6.45) is 3.62. The van der Waals surface area contributed by atoms with Crippen LogP contribution in [0.2, 0.25) is 0 Å². The second-order valence-electron chi connectivity index (χ2n) is 4.86. The van der Waals surface area contributed by atoms with Crippen LogP contribution in [0.4, 0.5) is 0 Å². The van der Waals surface area contributed by atoms with Gasteiger partial charge in [0.2, 0.25) is 0 Å². The van der Waals surface area contributed by atoms with Crippen LogP contribution in [0.25, 0.3) is 0 Å². The van der Waals surface area contributed by atoms with E-state index in [0.717, 1.165) is 21.5 Å². The summed E-state index contributed by atoms with van der Waals surface area (Å²) in [6, 6.07) is 12.3. The minimum absolute atomic E-state index is 0.539. The monoisotopic (exact) mass is 317 g/mol. The standard InChI is InChI=1S/C16H16BrNO/c17-15-8-11(10-18)4-7-16(15)19-14-6-5-12-2-1-3-13(12)9-14/h4-9H,1-3,10,18H2. The number of fused-ring (bicyclic) bond motifs is 1. The first-order chi connectivity index (χ1) is 9.26. The largest absolute Gasteiger partial charge is 0.456 e. The maximum atomic E-state index is 5.95. The van der Waals surface area contributed by atoms with Gasteiger partial charge in [0.05, 0.1) is 4.47 Å². The molecule has 0 heterocycles. The molecule has 0 aromatic heterocycles. The van der Waals surface area contributed by atoms with E-state index in [2.05, 4.69) is 28.1 Å². The summed E-state index contributed by atoms with van der Waals surface area (Å²) >= 11 is 3.53. The van der Waals surface area contributed by atoms with Crippen LogP contribution in [0, 0.1) is 0 Å². The zero-order chi connectivity index (χ0) is 13.2. The van der Waals surface area contributed by atoms with Crippen LogP contribution in [0.5, 0.6) is 11.5 Å². The van der Waals surface area contributed by atoms with Crippen LogP contribution in [-0.2, 0) is 19.4 Å². The number of rotatable bonds is 3. The van der Waals surface area contributed by atoms with E-state index in [-0.39, 0.29) is 0 Å². The summed E-state index contributed by atoms with van der Waals surface area (Å²) in [6.45, 7) is 0.539. The van der Waals surface area contributed by atoms with Crippen LogP contribution in [0.3, 0.4) is 0 Å². The number of benzene rings is 2. The van der Waals surface area contributed by atoms with E-state index in [4.69, 9.17) is 10.5 Å². The Hall–Kier alpha value is -1.32. The van der Waals surface area contributed by atoms with Crippen molar-refractivity contribution in [3.8, 4) is 11.5 Å². The van der Waals surface area contributed by atoms with Crippen LogP contribution in [0.15, 0.2) is 40.9 Å². The first-order valence-corrected chi connectivity index (χ1v) is 7.34. The predicted octanol–water partition coefficient (Wildman–Crippen LogP) is 4.19. The Labute approximate surface area is 121 Å². The number of halogens is 1. The quantitative estimate of drug-likeness (QED) is 0.921. The maximum Gasteiger partial charge on any atom is 0.141 e. The fourth-order valence-electron chi connectivity index (χ4n) is 2.49. The number of hydrogen-bond donors (Lipinski definition) is 1. The summed E-state index contributed by atoms with van der Waals surface area (Å²) in [5.74, 6) is 1.73. The SMILES string of the molecule is NCc1ccc(Oc2ccc3c(c2)CCC3)c(Br)c1. The molecule has 0 saturated heterocycles. The van der Waals surface area contributed by atoms with Crippen molar-refractivity contribution in [3.05, 3.63) is 57.6 Å². The zero-order valence-electron chi connectivity index (χ0n) is 10.7. The molecule has 3 rings (SSSR count). The number of aryl methyl sites for hydroxylation is 2. The van der Waals surface area contributed by atoms with Crippen molar-refractivity contribution in [2.75, 3.05) is 0 Å². The fraction of sp³-hybridized carbons (Fsp3) is 0.250. The molecule has 0 aliphatic heterocycles. The number of nitrogens with two attached hydrogens (primary N) is 1. The lowest BCUT2D eigenvalue weighted by atomic mass is 10.1. The van der Waals surface area contributed by atoms with Gasteiger partial charge in [0, 0.05) is 6.54 Å². The summed E-state index contributed by atoms with van der Waals surface area (Å²) in [4.78, 5) is 0. The average molecular weight is 318 g/mol. The van der Waals surface area contributed by atoms with Crippen molar-refractivity contribution in [3.63, 3.8) is 0 Å². The van der Waals surface area contributed by atoms with Gasteiger partial charge in [-0.2, -0.15) is 0 Å². The zero-order valence-corrected chi connectivity index (χ0v) is 12.2. The predicted molar refractivity (Wildman–Crippen MR) is 80.6 cm³/mol. The van der Waals surface area contributed by atoms with E-state index in [9.17, 15) is 0 Å². The molecule has 0 spiro atoms. The van der Waals surface area contributed by atoms with Gasteiger partial charge in [-0.05, 0) is 76.1 Å². The van der Waals surface area contributed by atoms with Crippen molar-refractivity contribution in [1.29, 1.82) is 0 Å². The first-order valence-electron chi connectivity index (χ1n) is 6.54. The summed E-state index contributed by atoms with van der Waals surface area (Å²) in [5, 5.41) is 0. The highest BCUT2D eigenvalue weighted by Crippen LogP contribution is 2.33. The van der Waals surface area contributed by atoms with E-state index in [1.165, 1.54) is 30.4 Å². The second-order valence-corrected chi connectivity index (χ2v) is 5.71. The van der Waals surface area contributed by atoms with Crippen molar-refractivity contribution >= 4 is 15.9 Å². The van der Waals surface area contributed by atoms with Crippen molar-refractivity contribution in [2.45, 2.75) is 25.8 Å². The van der Waals surface area contributed by atoms with E-state index in [1.54, 1.807) is 0 Å². The Kier molecular flexibility index (Phi) is 3.58. The van der Waals surface area contributed by atoms with Gasteiger partial charge in [-0.15, -0.1) is 0 Å². The lowest BCUT2D eigenvalue weighted by molar-refractivity contribution is 0.479. The van der Waals surface area contributed by atoms with Gasteiger partial charge in [-0.1, -0.05) is 12.1 Å². The lowest BCUT2D eigenvalue weighted by Crippen LogP contribution is -1.96. The molecule has 0 atom stereocenters. The molecule has 0 bridgehead atoms. The maximum absolute atomic E-state index is 5.95. The van der Waals surface area contributed by atoms with Crippen molar-refractivity contribution in [2.24, 2.45) is 5.73 Å². The topological polar surface area (TPSA) is 35.2 Å². The summed E-state index contributed by atoms with van der Waals surface area (Å²) in [5.41, 5.74) is 9.60. The van der Waals surface area contributed by atoms with E-state index in [1.807, 2.05) is 24.3 Å². The van der Waals surface area contributed by atoms with Gasteiger partial charge >= 0.3 is 0 Å². The van der Waals surface area contributed by atoms with Gasteiger partial charge in [0.15, 0.2) is 0 Å². The molecule has 2 N–H and O–H groups in total. The highest BCUT2D eigenvalue weighted by molar-refractivity contribution is 9.10. The Balaban J connectivity index is 1.85. The molecule has 3 heteroatoms. The Morgan fingerprint density at radius 2 is 1.89 bits per heavy atom. The Morgan fingerprint density at radius 1 is 1.05 bits per heavy atom. The number of ether oxygens (including phenoxy) is 1. The molecule has 0 fully saturated rings. The second kappa shape index (κ2) is 5.35. The average Bonchev–Trinajstić information content (AvgIpc) is 2.88. The van der Waals surface area contributed by atoms with Crippen LogP contribution in [0.1, 0.15) is 23.1 Å². The van der Waals surface area contributed by atoms with E-state index in [0.29, 0.717) is 6.54 Å². The highest BCUT2D eigenvalue weighted by Gasteiger charge is 2.12. The van der Waals surface area contributed by atoms with E-state index < -0.39 is 0 Å². The molecule has 1 aliphatic rings. The molecule has 2 aromatic carbocycles. The van der Waals surface area contributed by atoms with E-state index >= 15 is 0 Å². The molecule has 2 aromatic rings. The molecule has 0 unspecified atom stereocenters. The minimum Gasteiger partial charge on any atom is -0.456 e. The molecule has 98 valence electrons. The van der Waals surface area contributed by atoms with Gasteiger partial charge in [-0.3, -0.25) is 0 Å². The number of hydrogen-bond acceptors (Lipinski definition) is 2. The van der Waals surface area contributed by atoms with Gasteiger partial charge in [0.25, 0.3) is 0 Å². The Bertz CT molecular complexity index is 610. The van der Waals surface area contributed by atoms with Gasteiger partial charge in [0.1, 0.15) is 11.5 Å². The van der Waals surface area contributed by atoms with Crippen molar-refractivity contribution in [1.82, 2.24) is 0 Å². The van der Waals surface area contributed by atoms with Crippen LogP contribution >= 0.6 is 15.9 Å². The van der Waals surface area contributed by atoms with Crippen LogP contribution < -0.4 is 10.5 Å². The third-order valence-electron chi connectivity index (χ3n) is 3.53. The third kappa shape index (κ3) is 2.67. The minimum atomic E-state index is 0.539. The highest BCUT2D eigenvalue weighted by atomic mass is 79.9. The molecular weight excluding hydrogens is 302 g/mol. The van der Waals surface area contributed by atoms with Gasteiger partial charge in [-0.25, -0.2) is 0 Å².